The molecule has 13 heavy (non-hydrogen) atoms. The Hall–Kier alpha value is -0.610. The van der Waals surface area contributed by atoms with Crippen molar-refractivity contribution in [3.8, 4) is 0 Å². The maximum absolute atomic E-state index is 10.8. The second-order valence-electron chi connectivity index (χ2n) is 3.56. The van der Waals surface area contributed by atoms with Gasteiger partial charge in [-0.1, -0.05) is 6.92 Å². The molecule has 0 saturated carbocycles. The van der Waals surface area contributed by atoms with Crippen molar-refractivity contribution in [1.82, 2.24) is 10.2 Å². The highest BCUT2D eigenvalue weighted by Crippen LogP contribution is 2.16. The molecule has 0 aromatic rings. The number of likely N-dealkylation sites (tertiary alicyclic amines) is 1. The van der Waals surface area contributed by atoms with Crippen molar-refractivity contribution in [2.24, 2.45) is 0 Å². The number of likely N-dealkylation sites (N-methyl/N-ethyl adjacent to an activating group) is 1. The van der Waals surface area contributed by atoms with Crippen LogP contribution in [0, 0.1) is 0 Å². The number of hydrogen-bond donors (Lipinski definition) is 2. The molecule has 1 saturated heterocycles. The van der Waals surface area contributed by atoms with Crippen molar-refractivity contribution >= 4 is 5.91 Å². The molecule has 0 aromatic carbocycles. The smallest absolute Gasteiger partial charge is 0.217 e. The quantitative estimate of drug-likeness (QED) is 0.629. The summed E-state index contributed by atoms with van der Waals surface area (Å²) in [5, 5.41) is 11.9. The van der Waals surface area contributed by atoms with E-state index in [0.717, 1.165) is 19.5 Å². The van der Waals surface area contributed by atoms with Gasteiger partial charge in [-0.3, -0.25) is 9.69 Å². The van der Waals surface area contributed by atoms with Gasteiger partial charge in [0.25, 0.3) is 0 Å². The predicted octanol–water partition coefficient (Wildman–Crippen LogP) is -0.422. The van der Waals surface area contributed by atoms with E-state index < -0.39 is 0 Å². The van der Waals surface area contributed by atoms with Gasteiger partial charge >= 0.3 is 0 Å². The van der Waals surface area contributed by atoms with Crippen LogP contribution in [0.2, 0.25) is 0 Å². The highest BCUT2D eigenvalue weighted by molar-refractivity contribution is 5.73. The third-order valence-electron chi connectivity index (χ3n) is 2.55. The Balaban J connectivity index is 2.43. The number of carbonyl (C=O) groups excluding carboxylic acids is 1. The number of hydrogen-bond acceptors (Lipinski definition) is 3. The van der Waals surface area contributed by atoms with Gasteiger partial charge in [-0.05, 0) is 13.0 Å². The summed E-state index contributed by atoms with van der Waals surface area (Å²) < 4.78 is 0. The molecular formula is C9H18N2O2. The van der Waals surface area contributed by atoms with E-state index in [1.165, 1.54) is 6.92 Å². The van der Waals surface area contributed by atoms with Crippen molar-refractivity contribution in [2.75, 3.05) is 19.7 Å². The van der Waals surface area contributed by atoms with Crippen molar-refractivity contribution in [3.05, 3.63) is 0 Å². The first-order chi connectivity index (χ1) is 6.17. The lowest BCUT2D eigenvalue weighted by molar-refractivity contribution is -0.119. The monoisotopic (exact) mass is 186 g/mol. The summed E-state index contributed by atoms with van der Waals surface area (Å²) in [6.45, 7) is 5.58. The number of aliphatic hydroxyl groups excluding tert-OH is 1. The molecule has 2 N–H and O–H groups in total. The van der Waals surface area contributed by atoms with Gasteiger partial charge in [-0.15, -0.1) is 0 Å². The van der Waals surface area contributed by atoms with Gasteiger partial charge in [-0.25, -0.2) is 0 Å². The van der Waals surface area contributed by atoms with Gasteiger partial charge in [-0.2, -0.15) is 0 Å². The molecule has 76 valence electrons. The molecular weight excluding hydrogens is 168 g/mol. The van der Waals surface area contributed by atoms with Crippen LogP contribution in [0.25, 0.3) is 0 Å². The maximum Gasteiger partial charge on any atom is 0.217 e. The highest BCUT2D eigenvalue weighted by Gasteiger charge is 2.30. The standard InChI is InChI=1S/C9H18N2O2/c1-3-11-5-8(10-7(2)13)4-9(11)6-12/h8-9,12H,3-6H2,1-2H3,(H,10,13). The Morgan fingerprint density at radius 3 is 2.77 bits per heavy atom. The minimum Gasteiger partial charge on any atom is -0.395 e. The molecule has 1 fully saturated rings. The molecule has 2 atom stereocenters. The van der Waals surface area contributed by atoms with Gasteiger partial charge < -0.3 is 10.4 Å². The molecule has 1 rings (SSSR count). The molecule has 4 heteroatoms. The zero-order valence-electron chi connectivity index (χ0n) is 8.29. The molecule has 1 heterocycles. The first-order valence-corrected chi connectivity index (χ1v) is 4.79. The molecule has 0 radical (unpaired) electrons. The van der Waals surface area contributed by atoms with Gasteiger partial charge in [0.05, 0.1) is 6.61 Å². The summed E-state index contributed by atoms with van der Waals surface area (Å²) in [5.74, 6) is 0.0136. The SMILES string of the molecule is CCN1CC(NC(C)=O)CC1CO. The Labute approximate surface area is 78.9 Å². The van der Waals surface area contributed by atoms with Crippen LogP contribution in [-0.2, 0) is 4.79 Å². The topological polar surface area (TPSA) is 52.6 Å². The molecule has 1 aliphatic heterocycles. The Bertz CT molecular complexity index is 172. The van der Waals surface area contributed by atoms with E-state index >= 15 is 0 Å². The van der Waals surface area contributed by atoms with E-state index in [-0.39, 0.29) is 24.6 Å². The van der Waals surface area contributed by atoms with E-state index in [4.69, 9.17) is 5.11 Å². The fraction of sp³-hybridized carbons (Fsp3) is 0.889. The highest BCUT2D eigenvalue weighted by atomic mass is 16.3. The fourth-order valence-corrected chi connectivity index (χ4v) is 1.95. The maximum atomic E-state index is 10.8. The fourth-order valence-electron chi connectivity index (χ4n) is 1.95. The van der Waals surface area contributed by atoms with Crippen LogP contribution in [0.1, 0.15) is 20.3 Å². The van der Waals surface area contributed by atoms with Crippen LogP contribution in [0.5, 0.6) is 0 Å². The molecule has 4 nitrogen and oxygen atoms in total. The summed E-state index contributed by atoms with van der Waals surface area (Å²) in [5.41, 5.74) is 0. The van der Waals surface area contributed by atoms with E-state index in [0.29, 0.717) is 0 Å². The molecule has 1 aliphatic rings. The van der Waals surface area contributed by atoms with Crippen LogP contribution in [0.3, 0.4) is 0 Å². The van der Waals surface area contributed by atoms with Crippen molar-refractivity contribution in [2.45, 2.75) is 32.4 Å². The van der Waals surface area contributed by atoms with E-state index in [2.05, 4.69) is 17.1 Å². The minimum absolute atomic E-state index is 0.0136. The summed E-state index contributed by atoms with van der Waals surface area (Å²) in [6.07, 6.45) is 0.865. The molecule has 0 aliphatic carbocycles. The minimum atomic E-state index is 0.0136. The van der Waals surface area contributed by atoms with E-state index in [1.807, 2.05) is 0 Å². The third-order valence-corrected chi connectivity index (χ3v) is 2.55. The lowest BCUT2D eigenvalue weighted by atomic mass is 10.2. The Morgan fingerprint density at radius 1 is 1.69 bits per heavy atom. The van der Waals surface area contributed by atoms with Gasteiger partial charge in [0.2, 0.25) is 5.91 Å². The van der Waals surface area contributed by atoms with Crippen LogP contribution < -0.4 is 5.32 Å². The van der Waals surface area contributed by atoms with Crippen LogP contribution in [-0.4, -0.2) is 47.7 Å². The lowest BCUT2D eigenvalue weighted by Gasteiger charge is -2.19. The van der Waals surface area contributed by atoms with Crippen LogP contribution in [0.4, 0.5) is 0 Å². The van der Waals surface area contributed by atoms with Gasteiger partial charge in [0.15, 0.2) is 0 Å². The zero-order chi connectivity index (χ0) is 9.84. The number of aliphatic hydroxyl groups is 1. The second-order valence-corrected chi connectivity index (χ2v) is 3.56. The number of rotatable bonds is 3. The first kappa shape index (κ1) is 10.5. The van der Waals surface area contributed by atoms with Crippen molar-refractivity contribution in [1.29, 1.82) is 0 Å². The number of carbonyl (C=O) groups is 1. The van der Waals surface area contributed by atoms with Crippen molar-refractivity contribution < 1.29 is 9.90 Å². The average molecular weight is 186 g/mol. The lowest BCUT2D eigenvalue weighted by Crippen LogP contribution is -2.35. The van der Waals surface area contributed by atoms with Crippen LogP contribution >= 0.6 is 0 Å². The molecule has 1 amide bonds. The van der Waals surface area contributed by atoms with Gasteiger partial charge in [0.1, 0.15) is 0 Å². The summed E-state index contributed by atoms with van der Waals surface area (Å²) in [7, 11) is 0. The normalized spacial score (nSPS) is 29.2. The largest absolute Gasteiger partial charge is 0.395 e. The number of amides is 1. The molecule has 0 aromatic heterocycles. The first-order valence-electron chi connectivity index (χ1n) is 4.79. The Morgan fingerprint density at radius 2 is 2.38 bits per heavy atom. The molecule has 0 bridgehead atoms. The number of nitrogens with zero attached hydrogens (tertiary/aromatic N) is 1. The molecule has 2 unspecified atom stereocenters. The summed E-state index contributed by atoms with van der Waals surface area (Å²) in [6, 6.07) is 0.441. The van der Waals surface area contributed by atoms with E-state index in [9.17, 15) is 4.79 Å². The molecule has 0 spiro atoms. The van der Waals surface area contributed by atoms with Gasteiger partial charge in [0, 0.05) is 25.6 Å². The summed E-state index contributed by atoms with van der Waals surface area (Å²) in [4.78, 5) is 13.0. The number of nitrogens with one attached hydrogen (secondary N) is 1. The second kappa shape index (κ2) is 4.58. The summed E-state index contributed by atoms with van der Waals surface area (Å²) >= 11 is 0. The van der Waals surface area contributed by atoms with Crippen molar-refractivity contribution in [3.63, 3.8) is 0 Å². The van der Waals surface area contributed by atoms with E-state index in [1.54, 1.807) is 0 Å². The van der Waals surface area contributed by atoms with Crippen LogP contribution in [0.15, 0.2) is 0 Å². The average Bonchev–Trinajstić information content (AvgIpc) is 2.45. The third kappa shape index (κ3) is 2.67. The predicted molar refractivity (Wildman–Crippen MR) is 50.3 cm³/mol. The Kier molecular flexibility index (Phi) is 3.69. The zero-order valence-corrected chi connectivity index (χ0v) is 8.29.